The van der Waals surface area contributed by atoms with Gasteiger partial charge in [0, 0.05) is 0 Å². The minimum atomic E-state index is -0.122. The fraction of sp³-hybridized carbons (Fsp3) is 0.308. The summed E-state index contributed by atoms with van der Waals surface area (Å²) in [7, 11) is 0. The maximum atomic E-state index is 11.3. The van der Waals surface area contributed by atoms with Gasteiger partial charge in [0.15, 0.2) is 5.44 Å². The smallest absolute Gasteiger partial charge is 0.320 e. The van der Waals surface area contributed by atoms with Gasteiger partial charge in [-0.2, -0.15) is 0 Å². The number of ether oxygens (including phenoxy) is 1. The number of esters is 1. The highest BCUT2D eigenvalue weighted by molar-refractivity contribution is 8.01. The molecule has 1 aliphatic rings. The Hall–Kier alpha value is -1.22. The van der Waals surface area contributed by atoms with Crippen molar-refractivity contribution >= 4 is 23.8 Å². The lowest BCUT2D eigenvalue weighted by Gasteiger charge is -2.08. The molecule has 1 heterocycles. The average Bonchev–Trinajstić information content (AvgIpc) is 2.61. The van der Waals surface area contributed by atoms with Crippen LogP contribution in [-0.4, -0.2) is 16.7 Å². The summed E-state index contributed by atoms with van der Waals surface area (Å²) in [5, 5.41) is -0.0517. The van der Waals surface area contributed by atoms with Crippen LogP contribution in [0.1, 0.15) is 19.4 Å². The first-order chi connectivity index (χ1) is 7.66. The summed E-state index contributed by atoms with van der Waals surface area (Å²) >= 11 is 1.56. The molecule has 0 spiro atoms. The average molecular weight is 234 g/mol. The molecule has 0 aliphatic carbocycles. The molecule has 0 saturated carbocycles. The number of rotatable bonds is 2. The van der Waals surface area contributed by atoms with Gasteiger partial charge in [-0.1, -0.05) is 48.2 Å². The summed E-state index contributed by atoms with van der Waals surface area (Å²) in [6, 6.07) is 10.0. The zero-order valence-electron chi connectivity index (χ0n) is 9.34. The highest BCUT2D eigenvalue weighted by atomic mass is 32.2. The van der Waals surface area contributed by atoms with E-state index in [0.717, 1.165) is 11.1 Å². The molecule has 1 aliphatic heterocycles. The van der Waals surface area contributed by atoms with Crippen LogP contribution in [0, 0.1) is 0 Å². The molecule has 1 aromatic rings. The highest BCUT2D eigenvalue weighted by Crippen LogP contribution is 2.33. The van der Waals surface area contributed by atoms with Crippen molar-refractivity contribution in [1.29, 1.82) is 0 Å². The van der Waals surface area contributed by atoms with Crippen molar-refractivity contribution in [2.75, 3.05) is 0 Å². The van der Waals surface area contributed by atoms with Crippen molar-refractivity contribution in [3.8, 4) is 0 Å². The second-order valence-electron chi connectivity index (χ2n) is 3.85. The van der Waals surface area contributed by atoms with Gasteiger partial charge in [-0.15, -0.1) is 0 Å². The van der Waals surface area contributed by atoms with Gasteiger partial charge >= 0.3 is 5.97 Å². The normalized spacial score (nSPS) is 25.6. The lowest BCUT2D eigenvalue weighted by Crippen LogP contribution is -2.08. The van der Waals surface area contributed by atoms with E-state index in [-0.39, 0.29) is 16.7 Å². The van der Waals surface area contributed by atoms with Crippen molar-refractivity contribution in [3.63, 3.8) is 0 Å². The minimum Gasteiger partial charge on any atom is -0.446 e. The monoisotopic (exact) mass is 234 g/mol. The zero-order chi connectivity index (χ0) is 11.5. The number of thioether (sulfide) groups is 1. The van der Waals surface area contributed by atoms with Crippen molar-refractivity contribution in [2.24, 2.45) is 0 Å². The van der Waals surface area contributed by atoms with Crippen LogP contribution in [0.2, 0.25) is 0 Å². The van der Waals surface area contributed by atoms with E-state index in [1.807, 2.05) is 44.2 Å². The lowest BCUT2D eigenvalue weighted by molar-refractivity contribution is -0.140. The number of hydrogen-bond acceptors (Lipinski definition) is 3. The molecule has 1 aromatic carbocycles. The van der Waals surface area contributed by atoms with Gasteiger partial charge in [-0.05, 0) is 25.0 Å². The first-order valence-corrected chi connectivity index (χ1v) is 6.20. The van der Waals surface area contributed by atoms with Crippen molar-refractivity contribution in [2.45, 2.75) is 24.5 Å². The molecule has 0 aromatic heterocycles. The van der Waals surface area contributed by atoms with Crippen LogP contribution in [0.25, 0.3) is 6.08 Å². The first kappa shape index (κ1) is 11.3. The maximum Gasteiger partial charge on any atom is 0.320 e. The topological polar surface area (TPSA) is 26.3 Å². The van der Waals surface area contributed by atoms with E-state index in [0.29, 0.717) is 0 Å². The van der Waals surface area contributed by atoms with Crippen LogP contribution in [0.4, 0.5) is 0 Å². The van der Waals surface area contributed by atoms with Crippen LogP contribution in [0.3, 0.4) is 0 Å². The van der Waals surface area contributed by atoms with E-state index >= 15 is 0 Å². The summed E-state index contributed by atoms with van der Waals surface area (Å²) in [5.74, 6) is -0.115. The van der Waals surface area contributed by atoms with Crippen LogP contribution < -0.4 is 0 Å². The number of carbonyl (C=O) groups excluding carboxylic acids is 1. The van der Waals surface area contributed by atoms with Gasteiger partial charge in [0.1, 0.15) is 5.25 Å². The molecule has 0 bridgehead atoms. The largest absolute Gasteiger partial charge is 0.446 e. The van der Waals surface area contributed by atoms with Gasteiger partial charge < -0.3 is 4.74 Å². The van der Waals surface area contributed by atoms with Crippen molar-refractivity contribution < 1.29 is 9.53 Å². The van der Waals surface area contributed by atoms with Crippen LogP contribution in [-0.2, 0) is 9.53 Å². The Kier molecular flexibility index (Phi) is 3.34. The molecule has 0 radical (unpaired) electrons. The Labute approximate surface area is 99.7 Å². The van der Waals surface area contributed by atoms with Gasteiger partial charge in [-0.25, -0.2) is 0 Å². The fourth-order valence-electron chi connectivity index (χ4n) is 1.55. The van der Waals surface area contributed by atoms with E-state index in [1.54, 1.807) is 11.8 Å². The second-order valence-corrected chi connectivity index (χ2v) is 5.25. The van der Waals surface area contributed by atoms with Crippen LogP contribution >= 0.6 is 11.8 Å². The Balaban J connectivity index is 2.11. The quantitative estimate of drug-likeness (QED) is 0.735. The molecule has 3 heteroatoms. The summed E-state index contributed by atoms with van der Waals surface area (Å²) in [4.78, 5) is 11.3. The minimum absolute atomic E-state index is 0.0517. The maximum absolute atomic E-state index is 11.3. The van der Waals surface area contributed by atoms with Gasteiger partial charge in [0.25, 0.3) is 0 Å². The third-order valence-corrected chi connectivity index (χ3v) is 3.76. The third kappa shape index (κ3) is 2.47. The van der Waals surface area contributed by atoms with Gasteiger partial charge in [0.2, 0.25) is 0 Å². The van der Waals surface area contributed by atoms with Crippen molar-refractivity contribution in [3.05, 3.63) is 41.5 Å². The van der Waals surface area contributed by atoms with Crippen LogP contribution in [0.5, 0.6) is 0 Å². The molecule has 2 nitrogen and oxygen atoms in total. The predicted molar refractivity (Wildman–Crippen MR) is 67.0 cm³/mol. The van der Waals surface area contributed by atoms with E-state index in [9.17, 15) is 4.79 Å². The molecule has 0 amide bonds. The van der Waals surface area contributed by atoms with Crippen LogP contribution in [0.15, 0.2) is 35.9 Å². The first-order valence-electron chi connectivity index (χ1n) is 5.26. The molecule has 0 N–H and O–H groups in total. The molecule has 1 fully saturated rings. The number of carbonyl (C=O) groups is 1. The highest BCUT2D eigenvalue weighted by Gasteiger charge is 2.32. The number of hydrogen-bond donors (Lipinski definition) is 0. The molecule has 1 saturated heterocycles. The van der Waals surface area contributed by atoms with E-state index in [1.165, 1.54) is 0 Å². The Morgan fingerprint density at radius 1 is 1.38 bits per heavy atom. The third-order valence-electron chi connectivity index (χ3n) is 2.45. The van der Waals surface area contributed by atoms with Gasteiger partial charge in [0.05, 0.1) is 0 Å². The fourth-order valence-corrected chi connectivity index (χ4v) is 2.52. The molecule has 2 rings (SSSR count). The lowest BCUT2D eigenvalue weighted by atomic mass is 10.1. The Morgan fingerprint density at radius 2 is 2.06 bits per heavy atom. The number of cyclic esters (lactones) is 1. The summed E-state index contributed by atoms with van der Waals surface area (Å²) in [5.41, 5.74) is 2.09. The molecular weight excluding hydrogens is 220 g/mol. The molecule has 16 heavy (non-hydrogen) atoms. The summed E-state index contributed by atoms with van der Waals surface area (Å²) < 4.78 is 5.26. The van der Waals surface area contributed by atoms with E-state index in [4.69, 9.17) is 4.74 Å². The zero-order valence-corrected chi connectivity index (χ0v) is 10.2. The van der Waals surface area contributed by atoms with Crippen molar-refractivity contribution in [1.82, 2.24) is 0 Å². The van der Waals surface area contributed by atoms with E-state index < -0.39 is 0 Å². The summed E-state index contributed by atoms with van der Waals surface area (Å²) in [6.07, 6.45) is 2.06. The number of benzene rings is 1. The molecule has 84 valence electrons. The molecule has 2 atom stereocenters. The predicted octanol–water partition coefficient (Wildman–Crippen LogP) is 3.09. The molecular formula is C13H14O2S. The van der Waals surface area contributed by atoms with Gasteiger partial charge in [-0.3, -0.25) is 4.79 Å². The summed E-state index contributed by atoms with van der Waals surface area (Å²) in [6.45, 7) is 3.87. The SMILES string of the molecule is C/C(=C\c1ccccc1)C1OC(=O)C(C)S1. The van der Waals surface area contributed by atoms with E-state index in [2.05, 4.69) is 6.08 Å². The second kappa shape index (κ2) is 4.74. The standard InChI is InChI=1S/C13H14O2S/c1-9(8-11-6-4-3-5-7-11)13-15-12(14)10(2)16-13/h3-8,10,13H,1-2H3/b9-8+. The molecule has 2 unspecified atom stereocenters. The Morgan fingerprint density at radius 3 is 2.62 bits per heavy atom. The Bertz CT molecular complexity index is 411.